The number of hydrogen-bond acceptors (Lipinski definition) is 9. The Morgan fingerprint density at radius 1 is 0.528 bits per heavy atom. The summed E-state index contributed by atoms with van der Waals surface area (Å²) in [5.41, 5.74) is 0. The van der Waals surface area contributed by atoms with E-state index in [0.29, 0.717) is 36.3 Å². The maximum atomic E-state index is 4.11. The molecule has 9 nitrogen and oxygen atoms in total. The van der Waals surface area contributed by atoms with Crippen molar-refractivity contribution in [3.05, 3.63) is 0 Å². The molecule has 9 heteroatoms. The normalized spacial score (nSPS) is 33.6. The summed E-state index contributed by atoms with van der Waals surface area (Å²) in [6.45, 7) is 44.5. The van der Waals surface area contributed by atoms with Crippen LogP contribution in [0.25, 0.3) is 0 Å². The zero-order valence-electron chi connectivity index (χ0n) is 36.4. The van der Waals surface area contributed by atoms with E-state index in [9.17, 15) is 0 Å². The first kappa shape index (κ1) is 42.3. The van der Waals surface area contributed by atoms with Crippen LogP contribution in [0.4, 0.5) is 0 Å². The molecule has 308 valence electrons. The lowest BCUT2D eigenvalue weighted by molar-refractivity contribution is 0.00721. The number of nitrogens with one attached hydrogen (secondary N) is 1. The van der Waals surface area contributed by atoms with Gasteiger partial charge in [-0.3, -0.25) is 19.6 Å². The van der Waals surface area contributed by atoms with E-state index in [1.807, 2.05) is 0 Å². The summed E-state index contributed by atoms with van der Waals surface area (Å²) in [7, 11) is 0. The molecule has 6 unspecified atom stereocenters. The van der Waals surface area contributed by atoms with Gasteiger partial charge >= 0.3 is 0 Å². The molecule has 0 radical (unpaired) electrons. The van der Waals surface area contributed by atoms with Crippen LogP contribution in [-0.2, 0) is 0 Å². The highest BCUT2D eigenvalue weighted by atomic mass is 15.3. The molecule has 6 saturated heterocycles. The van der Waals surface area contributed by atoms with Crippen molar-refractivity contribution in [3.63, 3.8) is 0 Å². The van der Waals surface area contributed by atoms with E-state index in [0.717, 1.165) is 36.4 Å². The van der Waals surface area contributed by atoms with Gasteiger partial charge in [0.2, 0.25) is 0 Å². The SMILES string of the molecule is CC(C)N1CCC(N2CCN(C(C)CC3CC(CN4CCNC(C5CN(C(C)C)CCC5CN5CCN(C(C)C)CC5)C4)CCN3C(C)C)CC2)CC1. The minimum Gasteiger partial charge on any atom is -0.311 e. The van der Waals surface area contributed by atoms with Gasteiger partial charge in [-0.1, -0.05) is 0 Å². The Labute approximate surface area is 328 Å². The van der Waals surface area contributed by atoms with Crippen LogP contribution in [-0.4, -0.2) is 205 Å². The summed E-state index contributed by atoms with van der Waals surface area (Å²) >= 11 is 0. The maximum absolute atomic E-state index is 4.11. The van der Waals surface area contributed by atoms with Crippen molar-refractivity contribution in [3.8, 4) is 0 Å². The molecule has 0 amide bonds. The van der Waals surface area contributed by atoms with Crippen LogP contribution in [0.2, 0.25) is 0 Å². The highest BCUT2D eigenvalue weighted by Gasteiger charge is 2.40. The van der Waals surface area contributed by atoms with Crippen LogP contribution in [0, 0.1) is 17.8 Å². The van der Waals surface area contributed by atoms with Crippen molar-refractivity contribution >= 4 is 0 Å². The Morgan fingerprint density at radius 2 is 1.15 bits per heavy atom. The van der Waals surface area contributed by atoms with Gasteiger partial charge in [-0.2, -0.15) is 0 Å². The average Bonchev–Trinajstić information content (AvgIpc) is 3.15. The van der Waals surface area contributed by atoms with Gasteiger partial charge < -0.3 is 24.9 Å². The summed E-state index contributed by atoms with van der Waals surface area (Å²) in [5, 5.41) is 4.11. The van der Waals surface area contributed by atoms with Crippen LogP contribution in [0.15, 0.2) is 0 Å². The smallest absolute Gasteiger partial charge is 0.0239 e. The number of rotatable bonds is 13. The average molecular weight is 742 g/mol. The van der Waals surface area contributed by atoms with Gasteiger partial charge in [0.1, 0.15) is 0 Å². The second-order valence-corrected chi connectivity index (χ2v) is 19.9. The molecule has 0 saturated carbocycles. The van der Waals surface area contributed by atoms with E-state index < -0.39 is 0 Å². The topological polar surface area (TPSA) is 38.0 Å². The quantitative estimate of drug-likeness (QED) is 0.296. The number of piperidine rings is 3. The standard InChI is InChI=1S/C44H87N9/c1-34(2)48-16-12-41(13-17-48)51-26-24-50(25-27-51)38(9)28-42-29-39(10-18-53(42)37(7)8)30-47-19-14-45-44(33-47)43-32-52(36(5)6)15-11-40(43)31-46-20-22-49(23-21-46)35(3)4/h34-45H,10-33H2,1-9H3. The summed E-state index contributed by atoms with van der Waals surface area (Å²) < 4.78 is 0. The molecular formula is C44H87N9. The van der Waals surface area contributed by atoms with E-state index in [1.165, 1.54) is 150 Å². The third-order valence-electron chi connectivity index (χ3n) is 15.4. The molecule has 0 bridgehead atoms. The predicted molar refractivity (Wildman–Crippen MR) is 225 cm³/mol. The van der Waals surface area contributed by atoms with Gasteiger partial charge in [-0.15, -0.1) is 0 Å². The molecule has 0 aromatic rings. The van der Waals surface area contributed by atoms with E-state index >= 15 is 0 Å². The van der Waals surface area contributed by atoms with Crippen LogP contribution in [0.3, 0.4) is 0 Å². The third-order valence-corrected chi connectivity index (χ3v) is 15.4. The molecule has 0 spiro atoms. The van der Waals surface area contributed by atoms with Crippen LogP contribution in [0.5, 0.6) is 0 Å². The first-order chi connectivity index (χ1) is 25.4. The summed E-state index contributed by atoms with van der Waals surface area (Å²) in [6, 6.07) is 5.50. The molecule has 6 rings (SSSR count). The monoisotopic (exact) mass is 742 g/mol. The lowest BCUT2D eigenvalue weighted by Gasteiger charge is -2.49. The second kappa shape index (κ2) is 19.9. The first-order valence-electron chi connectivity index (χ1n) is 23.1. The minimum absolute atomic E-state index is 0.625. The number of piperazine rings is 3. The highest BCUT2D eigenvalue weighted by molar-refractivity contribution is 4.96. The molecule has 6 atom stereocenters. The van der Waals surface area contributed by atoms with E-state index in [2.05, 4.69) is 107 Å². The highest BCUT2D eigenvalue weighted by Crippen LogP contribution is 2.33. The van der Waals surface area contributed by atoms with Crippen molar-refractivity contribution in [1.82, 2.24) is 44.5 Å². The second-order valence-electron chi connectivity index (χ2n) is 19.9. The predicted octanol–water partition coefficient (Wildman–Crippen LogP) is 4.39. The van der Waals surface area contributed by atoms with Crippen molar-refractivity contribution in [2.24, 2.45) is 17.8 Å². The van der Waals surface area contributed by atoms with Gasteiger partial charge in [0.15, 0.2) is 0 Å². The van der Waals surface area contributed by atoms with Crippen LogP contribution < -0.4 is 5.32 Å². The van der Waals surface area contributed by atoms with Crippen molar-refractivity contribution < 1.29 is 0 Å². The van der Waals surface area contributed by atoms with Crippen LogP contribution in [0.1, 0.15) is 101 Å². The lowest BCUT2D eigenvalue weighted by Crippen LogP contribution is -2.61. The van der Waals surface area contributed by atoms with Gasteiger partial charge in [-0.05, 0) is 145 Å². The van der Waals surface area contributed by atoms with Crippen molar-refractivity contribution in [2.45, 2.75) is 149 Å². The van der Waals surface area contributed by atoms with Gasteiger partial charge in [-0.25, -0.2) is 0 Å². The van der Waals surface area contributed by atoms with Gasteiger partial charge in [0.25, 0.3) is 0 Å². The molecule has 0 aromatic carbocycles. The van der Waals surface area contributed by atoms with E-state index in [4.69, 9.17) is 0 Å². The molecular weight excluding hydrogens is 655 g/mol. The Bertz CT molecular complexity index is 1050. The minimum atomic E-state index is 0.625. The largest absolute Gasteiger partial charge is 0.311 e. The summed E-state index contributed by atoms with van der Waals surface area (Å²) in [4.78, 5) is 22.5. The van der Waals surface area contributed by atoms with Gasteiger partial charge in [0, 0.05) is 140 Å². The summed E-state index contributed by atoms with van der Waals surface area (Å²) in [6.07, 6.45) is 8.20. The van der Waals surface area contributed by atoms with E-state index in [-0.39, 0.29) is 0 Å². The Balaban J connectivity index is 1.000. The van der Waals surface area contributed by atoms with Crippen LogP contribution >= 0.6 is 0 Å². The van der Waals surface area contributed by atoms with E-state index in [1.54, 1.807) is 0 Å². The third kappa shape index (κ3) is 11.4. The molecule has 6 fully saturated rings. The Hall–Kier alpha value is -0.360. The van der Waals surface area contributed by atoms with Crippen molar-refractivity contribution in [1.29, 1.82) is 0 Å². The fourth-order valence-corrected chi connectivity index (χ4v) is 11.7. The molecule has 53 heavy (non-hydrogen) atoms. The molecule has 0 aliphatic carbocycles. The van der Waals surface area contributed by atoms with Gasteiger partial charge in [0.05, 0.1) is 0 Å². The fourth-order valence-electron chi connectivity index (χ4n) is 11.7. The number of likely N-dealkylation sites (tertiary alicyclic amines) is 3. The molecule has 1 N–H and O–H groups in total. The zero-order chi connectivity index (χ0) is 37.6. The molecule has 6 aliphatic rings. The Morgan fingerprint density at radius 3 is 1.79 bits per heavy atom. The number of nitrogens with zero attached hydrogens (tertiary/aromatic N) is 8. The molecule has 0 aromatic heterocycles. The zero-order valence-corrected chi connectivity index (χ0v) is 36.4. The lowest BCUT2D eigenvalue weighted by atomic mass is 9.78. The summed E-state index contributed by atoms with van der Waals surface area (Å²) in [5.74, 6) is 2.40. The molecule has 6 heterocycles. The first-order valence-corrected chi connectivity index (χ1v) is 23.1. The molecule has 6 aliphatic heterocycles. The van der Waals surface area contributed by atoms with Crippen molar-refractivity contribution in [2.75, 3.05) is 118 Å². The maximum Gasteiger partial charge on any atom is 0.0239 e. The fraction of sp³-hybridized carbons (Fsp3) is 1.00. The Kier molecular flexibility index (Phi) is 15.8. The number of hydrogen-bond donors (Lipinski definition) is 1.